The molecule has 0 saturated carbocycles. The van der Waals surface area contributed by atoms with Crippen molar-refractivity contribution in [3.05, 3.63) is 61.9 Å². The van der Waals surface area contributed by atoms with Crippen LogP contribution in [0.1, 0.15) is 19.4 Å². The predicted molar refractivity (Wildman–Crippen MR) is 120 cm³/mol. The number of nitrogens with one attached hydrogen (secondary N) is 2. The van der Waals surface area contributed by atoms with Gasteiger partial charge in [-0.25, -0.2) is 4.79 Å². The van der Waals surface area contributed by atoms with Gasteiger partial charge in [0, 0.05) is 48.2 Å². The first-order valence-electron chi connectivity index (χ1n) is 9.88. The summed E-state index contributed by atoms with van der Waals surface area (Å²) in [4.78, 5) is 30.8. The zero-order valence-corrected chi connectivity index (χ0v) is 18.3. The smallest absolute Gasteiger partial charge is 0.408 e. The van der Waals surface area contributed by atoms with Crippen molar-refractivity contribution >= 4 is 35.9 Å². The molecule has 0 aliphatic carbocycles. The fourth-order valence-corrected chi connectivity index (χ4v) is 3.61. The minimum Gasteiger partial charge on any atom is -0.408 e. The van der Waals surface area contributed by atoms with E-state index in [0.717, 1.165) is 35.9 Å². The number of nitrogens with zero attached hydrogens (tertiary/aromatic N) is 2. The van der Waals surface area contributed by atoms with Crippen molar-refractivity contribution in [3.8, 4) is 0 Å². The molecule has 3 rings (SSSR count). The number of carbonyl (C=O) groups is 1. The first kappa shape index (κ1) is 21.9. The van der Waals surface area contributed by atoms with Crippen molar-refractivity contribution in [2.24, 2.45) is 0 Å². The Kier molecular flexibility index (Phi) is 6.84. The number of hydrogen-bond acceptors (Lipinski definition) is 5. The number of H-pyrrole nitrogens is 1. The Morgan fingerprint density at radius 2 is 2.20 bits per heavy atom. The molecule has 30 heavy (non-hydrogen) atoms. The normalized spacial score (nSPS) is 18.7. The van der Waals surface area contributed by atoms with Gasteiger partial charge in [-0.1, -0.05) is 24.3 Å². The molecule has 2 heterocycles. The van der Waals surface area contributed by atoms with E-state index in [-0.39, 0.29) is 18.5 Å². The van der Waals surface area contributed by atoms with Crippen LogP contribution >= 0.6 is 11.6 Å². The summed E-state index contributed by atoms with van der Waals surface area (Å²) in [5.41, 5.74) is 3.06. The van der Waals surface area contributed by atoms with Crippen molar-refractivity contribution < 1.29 is 9.21 Å². The lowest BCUT2D eigenvalue weighted by Gasteiger charge is -2.40. The van der Waals surface area contributed by atoms with E-state index < -0.39 is 5.76 Å². The van der Waals surface area contributed by atoms with Crippen LogP contribution < -0.4 is 26.7 Å². The van der Waals surface area contributed by atoms with Crippen LogP contribution in [-0.2, 0) is 4.79 Å². The SMILES string of the molecule is C=c1[nH]c(=O)o/c1=C/C(=C\C)NC(=O)CN1CCN(c2ccc(Cl)c(C)c2)C[C@H]1C. The standard InChI is InChI=1S/C22H27ClN4O3/c1-5-17(11-20-16(4)24-22(29)30-20)25-21(28)13-26-8-9-27(12-15(26)3)18-6-7-19(23)14(2)10-18/h5-7,10-11,15H,4,8-9,12-13H2,1-3H3,(H,24,29)(H,25,28)/b17-5+,20-11+/t15-/m1/s1. The van der Waals surface area contributed by atoms with Gasteiger partial charge in [0.25, 0.3) is 0 Å². The average Bonchev–Trinajstić information content (AvgIpc) is 3.01. The molecule has 0 bridgehead atoms. The second-order valence-electron chi connectivity index (χ2n) is 7.49. The monoisotopic (exact) mass is 430 g/mol. The second kappa shape index (κ2) is 9.36. The topological polar surface area (TPSA) is 81.6 Å². The number of aromatic nitrogens is 1. The van der Waals surface area contributed by atoms with Crippen LogP contribution in [0.5, 0.6) is 0 Å². The van der Waals surface area contributed by atoms with Gasteiger partial charge >= 0.3 is 5.76 Å². The van der Waals surface area contributed by atoms with Gasteiger partial charge in [-0.15, -0.1) is 0 Å². The summed E-state index contributed by atoms with van der Waals surface area (Å²) < 4.78 is 5.02. The predicted octanol–water partition coefficient (Wildman–Crippen LogP) is 1.35. The van der Waals surface area contributed by atoms with E-state index >= 15 is 0 Å². The van der Waals surface area contributed by atoms with E-state index in [0.29, 0.717) is 16.5 Å². The second-order valence-corrected chi connectivity index (χ2v) is 7.90. The molecule has 8 heteroatoms. The molecule has 2 aromatic rings. The molecular formula is C22H27ClN4O3. The van der Waals surface area contributed by atoms with E-state index in [4.69, 9.17) is 16.0 Å². The van der Waals surface area contributed by atoms with Crippen molar-refractivity contribution in [2.45, 2.75) is 26.8 Å². The molecule has 1 aromatic carbocycles. The fraction of sp³-hybridized carbons (Fsp3) is 0.364. The molecule has 1 atom stereocenters. The van der Waals surface area contributed by atoms with Gasteiger partial charge < -0.3 is 14.6 Å². The third-order valence-electron chi connectivity index (χ3n) is 5.25. The van der Waals surface area contributed by atoms with Crippen LogP contribution in [0.3, 0.4) is 0 Å². The number of aromatic amines is 1. The fourth-order valence-electron chi connectivity index (χ4n) is 3.50. The molecule has 1 fully saturated rings. The first-order valence-corrected chi connectivity index (χ1v) is 10.3. The lowest BCUT2D eigenvalue weighted by Crippen LogP contribution is -2.54. The Balaban J connectivity index is 1.60. The third-order valence-corrected chi connectivity index (χ3v) is 5.68. The molecule has 0 unspecified atom stereocenters. The van der Waals surface area contributed by atoms with Crippen LogP contribution in [0, 0.1) is 6.92 Å². The number of allylic oxidation sites excluding steroid dienone is 2. The van der Waals surface area contributed by atoms with Crippen LogP contribution in [-0.4, -0.2) is 48.0 Å². The van der Waals surface area contributed by atoms with Crippen molar-refractivity contribution in [1.82, 2.24) is 15.2 Å². The van der Waals surface area contributed by atoms with Gasteiger partial charge in [0.2, 0.25) is 5.91 Å². The Hall–Kier alpha value is -2.77. The maximum Gasteiger partial charge on any atom is 0.417 e. The van der Waals surface area contributed by atoms with Crippen LogP contribution in [0.15, 0.2) is 39.2 Å². The number of amides is 1. The van der Waals surface area contributed by atoms with Crippen LogP contribution in [0.25, 0.3) is 12.7 Å². The summed E-state index contributed by atoms with van der Waals surface area (Å²) in [5.74, 6) is -0.693. The summed E-state index contributed by atoms with van der Waals surface area (Å²) in [7, 11) is 0. The van der Waals surface area contributed by atoms with Gasteiger partial charge in [-0.2, -0.15) is 0 Å². The van der Waals surface area contributed by atoms with E-state index in [1.165, 1.54) is 0 Å². The summed E-state index contributed by atoms with van der Waals surface area (Å²) in [6.07, 6.45) is 3.33. The van der Waals surface area contributed by atoms with Crippen LogP contribution in [0.2, 0.25) is 5.02 Å². The van der Waals surface area contributed by atoms with E-state index in [2.05, 4.69) is 39.7 Å². The van der Waals surface area contributed by atoms with E-state index in [1.54, 1.807) is 19.1 Å². The lowest BCUT2D eigenvalue weighted by molar-refractivity contribution is -0.122. The number of rotatable bonds is 5. The molecule has 7 nitrogen and oxygen atoms in total. The molecule has 1 amide bonds. The molecule has 0 spiro atoms. The highest BCUT2D eigenvalue weighted by molar-refractivity contribution is 6.31. The number of hydrogen-bond donors (Lipinski definition) is 2. The van der Waals surface area contributed by atoms with Gasteiger partial charge in [-0.3, -0.25) is 14.7 Å². The van der Waals surface area contributed by atoms with E-state index in [1.807, 2.05) is 19.1 Å². The number of oxazole rings is 1. The zero-order valence-electron chi connectivity index (χ0n) is 17.5. The minimum atomic E-state index is -0.574. The van der Waals surface area contributed by atoms with Crippen molar-refractivity contribution in [2.75, 3.05) is 31.1 Å². The maximum atomic E-state index is 12.6. The average molecular weight is 431 g/mol. The van der Waals surface area contributed by atoms with Crippen molar-refractivity contribution in [3.63, 3.8) is 0 Å². The summed E-state index contributed by atoms with van der Waals surface area (Å²) in [5, 5.41) is 4.01. The molecule has 160 valence electrons. The Morgan fingerprint density at radius 1 is 1.43 bits per heavy atom. The Morgan fingerprint density at radius 3 is 2.80 bits per heavy atom. The molecule has 0 radical (unpaired) electrons. The summed E-state index contributed by atoms with van der Waals surface area (Å²) in [6.45, 7) is 12.4. The number of aryl methyl sites for hydroxylation is 1. The van der Waals surface area contributed by atoms with Gasteiger partial charge in [0.1, 0.15) is 0 Å². The Bertz CT molecular complexity index is 1120. The summed E-state index contributed by atoms with van der Waals surface area (Å²) in [6, 6.07) is 6.28. The highest BCUT2D eigenvalue weighted by Crippen LogP contribution is 2.24. The molecule has 2 N–H and O–H groups in total. The highest BCUT2D eigenvalue weighted by atomic mass is 35.5. The molecule has 1 aliphatic heterocycles. The largest absolute Gasteiger partial charge is 0.417 e. The van der Waals surface area contributed by atoms with E-state index in [9.17, 15) is 9.59 Å². The van der Waals surface area contributed by atoms with Crippen molar-refractivity contribution in [1.29, 1.82) is 0 Å². The highest BCUT2D eigenvalue weighted by Gasteiger charge is 2.25. The maximum absolute atomic E-state index is 12.6. The Labute approximate surface area is 180 Å². The summed E-state index contributed by atoms with van der Waals surface area (Å²) >= 11 is 6.14. The molecule has 1 saturated heterocycles. The molecule has 1 aromatic heterocycles. The molecular weight excluding hydrogens is 404 g/mol. The molecule has 1 aliphatic rings. The number of halogens is 1. The van der Waals surface area contributed by atoms with Gasteiger partial charge in [-0.05, 0) is 44.5 Å². The number of piperazine rings is 1. The van der Waals surface area contributed by atoms with Gasteiger partial charge in [0.05, 0.1) is 11.9 Å². The van der Waals surface area contributed by atoms with Crippen LogP contribution in [0.4, 0.5) is 5.69 Å². The number of benzene rings is 1. The van der Waals surface area contributed by atoms with Gasteiger partial charge in [0.15, 0.2) is 5.42 Å². The first-order chi connectivity index (χ1) is 14.3. The number of carbonyl (C=O) groups excluding carboxylic acids is 1. The number of anilines is 1. The quantitative estimate of drug-likeness (QED) is 0.748. The zero-order chi connectivity index (χ0) is 21.8. The third kappa shape index (κ3) is 5.23. The lowest BCUT2D eigenvalue weighted by atomic mass is 10.1. The minimum absolute atomic E-state index is 0.120.